The third-order valence-electron chi connectivity index (χ3n) is 5.22. The molecule has 6 nitrogen and oxygen atoms in total. The second-order valence-electron chi connectivity index (χ2n) is 8.39. The van der Waals surface area contributed by atoms with Gasteiger partial charge >= 0.3 is 23.9 Å². The van der Waals surface area contributed by atoms with E-state index in [-0.39, 0.29) is 0 Å². The molecule has 0 spiro atoms. The van der Waals surface area contributed by atoms with Crippen LogP contribution >= 0.6 is 0 Å². The smallest absolute Gasteiger partial charge is 0.378 e. The first kappa shape index (κ1) is 24.8. The fraction of sp³-hybridized carbons (Fsp3) is 1.00. The van der Waals surface area contributed by atoms with Crippen LogP contribution in [0.25, 0.3) is 0 Å². The molecule has 3 heterocycles. The van der Waals surface area contributed by atoms with Crippen LogP contribution in [0.1, 0.15) is 27.7 Å². The van der Waals surface area contributed by atoms with E-state index in [1.807, 2.05) is 0 Å². The summed E-state index contributed by atoms with van der Waals surface area (Å²) in [5, 5.41) is 10.8. The average Bonchev–Trinajstić information content (AvgIpc) is 3.16. The predicted octanol–water partition coefficient (Wildman–Crippen LogP) is 3.21. The molecule has 0 unspecified atom stereocenters. The molecule has 0 aromatic rings. The number of fused-ring (bicyclic) bond motifs is 1. The highest BCUT2D eigenvalue weighted by atomic mass is 19.4. The number of ether oxygens (including phenoxy) is 5. The molecule has 0 aliphatic carbocycles. The van der Waals surface area contributed by atoms with Gasteiger partial charge in [-0.1, -0.05) is 0 Å². The normalized spacial score (nSPS) is 38.5. The van der Waals surface area contributed by atoms with Gasteiger partial charge in [0.05, 0.1) is 6.61 Å². The molecule has 5 atom stereocenters. The van der Waals surface area contributed by atoms with Gasteiger partial charge in [-0.3, -0.25) is 0 Å². The van der Waals surface area contributed by atoms with Crippen LogP contribution in [0.5, 0.6) is 0 Å². The Morgan fingerprint density at radius 2 is 1.29 bits per heavy atom. The van der Waals surface area contributed by atoms with E-state index in [1.54, 1.807) is 0 Å². The Hall–Kier alpha value is -0.870. The van der Waals surface area contributed by atoms with Crippen LogP contribution in [0.3, 0.4) is 0 Å². The summed E-state index contributed by atoms with van der Waals surface area (Å²) in [7, 11) is 0. The van der Waals surface area contributed by atoms with Gasteiger partial charge in [-0.2, -0.15) is 39.5 Å². The van der Waals surface area contributed by atoms with Crippen LogP contribution in [0.15, 0.2) is 0 Å². The van der Waals surface area contributed by atoms with E-state index in [0.717, 1.165) is 13.8 Å². The summed E-state index contributed by atoms with van der Waals surface area (Å²) < 4.78 is 149. The SMILES string of the molecule is CC1(C)OC[C@H]([C@H]2O[C@@H]3OC(C)(C)O[C@@H]3[C@]2(O)C(F)(F)C(F)(F)C(F)(F)C(F)(F)F)O1. The summed E-state index contributed by atoms with van der Waals surface area (Å²) in [5.74, 6) is -24.1. The summed E-state index contributed by atoms with van der Waals surface area (Å²) >= 11 is 0. The Morgan fingerprint density at radius 1 is 0.742 bits per heavy atom. The summed E-state index contributed by atoms with van der Waals surface area (Å²) in [5.41, 5.74) is -4.43. The number of alkyl halides is 9. The molecule has 0 radical (unpaired) electrons. The highest BCUT2D eigenvalue weighted by Crippen LogP contribution is 2.61. The first-order chi connectivity index (χ1) is 13.6. The molecule has 15 heteroatoms. The lowest BCUT2D eigenvalue weighted by Crippen LogP contribution is -2.74. The van der Waals surface area contributed by atoms with Gasteiger partial charge in [0, 0.05) is 0 Å². The molecule has 1 N–H and O–H groups in total. The largest absolute Gasteiger partial charge is 0.460 e. The van der Waals surface area contributed by atoms with E-state index in [2.05, 4.69) is 0 Å². The molecular formula is C16H19F9O6. The van der Waals surface area contributed by atoms with Crippen molar-refractivity contribution in [2.45, 2.75) is 93.4 Å². The minimum Gasteiger partial charge on any atom is -0.378 e. The van der Waals surface area contributed by atoms with E-state index in [9.17, 15) is 35.8 Å². The Kier molecular flexibility index (Phi) is 5.27. The van der Waals surface area contributed by atoms with Crippen molar-refractivity contribution in [2.24, 2.45) is 0 Å². The van der Waals surface area contributed by atoms with Crippen molar-refractivity contribution >= 4 is 0 Å². The van der Waals surface area contributed by atoms with E-state index in [0.29, 0.717) is 0 Å². The molecule has 3 aliphatic heterocycles. The summed E-state index contributed by atoms with van der Waals surface area (Å²) in [6, 6.07) is 0. The predicted molar refractivity (Wildman–Crippen MR) is 79.4 cm³/mol. The van der Waals surface area contributed by atoms with E-state index < -0.39 is 72.3 Å². The minimum absolute atomic E-state index is 0.639. The van der Waals surface area contributed by atoms with Crippen molar-refractivity contribution in [1.29, 1.82) is 0 Å². The van der Waals surface area contributed by atoms with Crippen molar-refractivity contribution in [1.82, 2.24) is 0 Å². The van der Waals surface area contributed by atoms with Crippen LogP contribution < -0.4 is 0 Å². The van der Waals surface area contributed by atoms with Gasteiger partial charge < -0.3 is 28.8 Å². The van der Waals surface area contributed by atoms with Crippen molar-refractivity contribution in [3.05, 3.63) is 0 Å². The molecule has 0 amide bonds. The number of halogens is 9. The zero-order chi connectivity index (χ0) is 24.1. The fourth-order valence-electron chi connectivity index (χ4n) is 3.76. The van der Waals surface area contributed by atoms with Gasteiger partial charge in [0.1, 0.15) is 18.3 Å². The second-order valence-corrected chi connectivity index (χ2v) is 8.39. The Bertz CT molecular complexity index is 725. The first-order valence-electron chi connectivity index (χ1n) is 8.86. The fourth-order valence-corrected chi connectivity index (χ4v) is 3.76. The van der Waals surface area contributed by atoms with Crippen LogP contribution in [0, 0.1) is 0 Å². The highest BCUT2D eigenvalue weighted by Gasteiger charge is 2.90. The van der Waals surface area contributed by atoms with Crippen molar-refractivity contribution in [3.8, 4) is 0 Å². The lowest BCUT2D eigenvalue weighted by molar-refractivity contribution is -0.426. The summed E-state index contributed by atoms with van der Waals surface area (Å²) in [6.07, 6.45) is -16.0. The minimum atomic E-state index is -7.22. The number of hydrogen-bond acceptors (Lipinski definition) is 6. The number of aliphatic hydroxyl groups is 1. The van der Waals surface area contributed by atoms with Crippen molar-refractivity contribution in [3.63, 3.8) is 0 Å². The standard InChI is InChI=1S/C16H19F9O6/c1-10(2)27-5-6(29-10)7-12(26,8-9(28-7)31-11(3,4)30-8)13(17,18)14(19,20)15(21,22)16(23,24)25/h6-9,26H,5H2,1-4H3/t6-,7-,8+,9-,12+/m1/s1. The molecule has 182 valence electrons. The van der Waals surface area contributed by atoms with Gasteiger partial charge in [0.15, 0.2) is 23.5 Å². The van der Waals surface area contributed by atoms with Gasteiger partial charge in [0.2, 0.25) is 0 Å². The Balaban J connectivity index is 2.11. The average molecular weight is 478 g/mol. The van der Waals surface area contributed by atoms with Gasteiger partial charge in [0.25, 0.3) is 0 Å². The molecule has 3 rings (SSSR count). The zero-order valence-corrected chi connectivity index (χ0v) is 16.4. The molecule has 3 fully saturated rings. The molecule has 3 aliphatic rings. The number of hydrogen-bond donors (Lipinski definition) is 1. The second kappa shape index (κ2) is 6.59. The topological polar surface area (TPSA) is 66.4 Å². The van der Waals surface area contributed by atoms with Crippen LogP contribution in [-0.2, 0) is 23.7 Å². The molecule has 31 heavy (non-hydrogen) atoms. The lowest BCUT2D eigenvalue weighted by Gasteiger charge is -2.45. The quantitative estimate of drug-likeness (QED) is 0.627. The maximum atomic E-state index is 15.0. The molecular weight excluding hydrogens is 459 g/mol. The number of rotatable bonds is 4. The Labute approximate surface area is 169 Å². The third kappa shape index (κ3) is 3.34. The molecule has 0 bridgehead atoms. The lowest BCUT2D eigenvalue weighted by atomic mass is 9.78. The van der Waals surface area contributed by atoms with Crippen molar-refractivity contribution < 1.29 is 68.3 Å². The van der Waals surface area contributed by atoms with Gasteiger partial charge in [-0.15, -0.1) is 0 Å². The molecule has 0 aromatic carbocycles. The maximum absolute atomic E-state index is 15.0. The third-order valence-corrected chi connectivity index (χ3v) is 5.22. The highest BCUT2D eigenvalue weighted by molar-refractivity contribution is 5.20. The summed E-state index contributed by atoms with van der Waals surface area (Å²) in [6.45, 7) is 4.12. The monoisotopic (exact) mass is 478 g/mol. The van der Waals surface area contributed by atoms with Crippen molar-refractivity contribution in [2.75, 3.05) is 6.61 Å². The van der Waals surface area contributed by atoms with Gasteiger partial charge in [-0.25, -0.2) is 0 Å². The van der Waals surface area contributed by atoms with Gasteiger partial charge in [-0.05, 0) is 27.7 Å². The van der Waals surface area contributed by atoms with Crippen LogP contribution in [0.4, 0.5) is 39.5 Å². The van der Waals surface area contributed by atoms with E-state index in [1.165, 1.54) is 13.8 Å². The van der Waals surface area contributed by atoms with E-state index in [4.69, 9.17) is 23.7 Å². The molecule has 0 aromatic heterocycles. The first-order valence-corrected chi connectivity index (χ1v) is 8.86. The van der Waals surface area contributed by atoms with Crippen LogP contribution in [-0.4, -0.2) is 77.4 Å². The molecule has 3 saturated heterocycles. The van der Waals surface area contributed by atoms with Crippen LogP contribution in [0.2, 0.25) is 0 Å². The Morgan fingerprint density at radius 3 is 1.74 bits per heavy atom. The van der Waals surface area contributed by atoms with E-state index >= 15 is 8.78 Å². The zero-order valence-electron chi connectivity index (χ0n) is 16.4. The molecule has 0 saturated carbocycles. The summed E-state index contributed by atoms with van der Waals surface area (Å²) in [4.78, 5) is 0. The maximum Gasteiger partial charge on any atom is 0.460 e.